The maximum atomic E-state index is 13.1. The Morgan fingerprint density at radius 3 is 2.73 bits per heavy atom. The van der Waals surface area contributed by atoms with Crippen LogP contribution in [0.25, 0.3) is 0 Å². The van der Waals surface area contributed by atoms with Crippen molar-refractivity contribution in [2.45, 2.75) is 49.3 Å². The van der Waals surface area contributed by atoms with Crippen LogP contribution >= 0.6 is 11.9 Å². The van der Waals surface area contributed by atoms with Crippen molar-refractivity contribution in [2.75, 3.05) is 26.8 Å². The zero-order valence-electron chi connectivity index (χ0n) is 21.4. The third-order valence-corrected chi connectivity index (χ3v) is 7.32. The van der Waals surface area contributed by atoms with E-state index in [0.717, 1.165) is 41.4 Å². The number of rotatable bonds is 12. The van der Waals surface area contributed by atoms with Crippen molar-refractivity contribution < 1.29 is 19.4 Å². The number of nitrogens with zero attached hydrogens (tertiary/aromatic N) is 2. The van der Waals surface area contributed by atoms with Crippen LogP contribution in [0.15, 0.2) is 77.7 Å². The molecule has 37 heavy (non-hydrogen) atoms. The van der Waals surface area contributed by atoms with E-state index in [9.17, 15) is 9.90 Å². The fourth-order valence-electron chi connectivity index (χ4n) is 4.37. The summed E-state index contributed by atoms with van der Waals surface area (Å²) in [5.41, 5.74) is 2.15. The van der Waals surface area contributed by atoms with Gasteiger partial charge in [0.2, 0.25) is 0 Å². The number of aliphatic hydroxyl groups excluding tert-OH is 1. The van der Waals surface area contributed by atoms with Gasteiger partial charge in [0.1, 0.15) is 11.4 Å². The Morgan fingerprint density at radius 2 is 2.00 bits per heavy atom. The molecule has 2 heterocycles. The van der Waals surface area contributed by atoms with Crippen LogP contribution < -0.4 is 10.1 Å². The van der Waals surface area contributed by atoms with Crippen LogP contribution in [0.4, 0.5) is 0 Å². The van der Waals surface area contributed by atoms with Crippen molar-refractivity contribution in [3.05, 3.63) is 89.7 Å². The molecule has 2 aromatic carbocycles. The molecule has 0 spiro atoms. The predicted octanol–water partition coefficient (Wildman–Crippen LogP) is 4.29. The molecule has 0 radical (unpaired) electrons. The molecule has 4 rings (SSSR count). The average molecular weight is 522 g/mol. The summed E-state index contributed by atoms with van der Waals surface area (Å²) < 4.78 is 13.4. The Bertz CT molecular complexity index is 1140. The maximum absolute atomic E-state index is 13.1. The number of methoxy groups -OCH3 is 1. The molecule has 1 saturated heterocycles. The van der Waals surface area contributed by atoms with Crippen molar-refractivity contribution in [2.24, 2.45) is 0 Å². The Balaban J connectivity index is 1.52. The lowest BCUT2D eigenvalue weighted by atomic mass is 10.0. The molecular formula is C29H35N3O4S. The summed E-state index contributed by atoms with van der Waals surface area (Å²) in [6.07, 6.45) is 1.82. The zero-order chi connectivity index (χ0) is 26.0. The molecule has 1 aliphatic heterocycles. The van der Waals surface area contributed by atoms with Gasteiger partial charge in [-0.05, 0) is 74.0 Å². The molecule has 1 fully saturated rings. The highest BCUT2D eigenvalue weighted by molar-refractivity contribution is 7.97. The fraction of sp³-hybridized carbons (Fsp3) is 0.379. The first-order chi connectivity index (χ1) is 18.0. The topological polar surface area (TPSA) is 83.9 Å². The molecule has 0 saturated carbocycles. The van der Waals surface area contributed by atoms with Crippen molar-refractivity contribution in [3.8, 4) is 5.75 Å². The molecule has 3 unspecified atom stereocenters. The first kappa shape index (κ1) is 27.1. The normalized spacial score (nSPS) is 16.9. The van der Waals surface area contributed by atoms with Gasteiger partial charge >= 0.3 is 0 Å². The summed E-state index contributed by atoms with van der Waals surface area (Å²) in [4.78, 5) is 18.5. The second-order valence-corrected chi connectivity index (χ2v) is 10.4. The third-order valence-electron chi connectivity index (χ3n) is 6.30. The molecule has 3 aromatic rings. The Hall–Kier alpha value is -2.91. The van der Waals surface area contributed by atoms with Crippen LogP contribution in [-0.4, -0.2) is 65.4 Å². The van der Waals surface area contributed by atoms with Crippen LogP contribution in [0.2, 0.25) is 0 Å². The van der Waals surface area contributed by atoms with Gasteiger partial charge in [0.05, 0.1) is 25.4 Å². The second kappa shape index (κ2) is 13.6. The van der Waals surface area contributed by atoms with E-state index < -0.39 is 12.1 Å². The van der Waals surface area contributed by atoms with E-state index >= 15 is 0 Å². The van der Waals surface area contributed by atoms with Crippen molar-refractivity contribution in [3.63, 3.8) is 0 Å². The second-order valence-electron chi connectivity index (χ2n) is 9.25. The quantitative estimate of drug-likeness (QED) is 0.344. The first-order valence-electron chi connectivity index (χ1n) is 12.7. The van der Waals surface area contributed by atoms with Gasteiger partial charge in [-0.1, -0.05) is 42.5 Å². The molecule has 2 N–H and O–H groups in total. The van der Waals surface area contributed by atoms with Crippen LogP contribution in [0.3, 0.4) is 0 Å². The molecular weight excluding hydrogens is 486 g/mol. The number of aryl methyl sites for hydroxylation is 1. The van der Waals surface area contributed by atoms with Gasteiger partial charge in [-0.3, -0.25) is 4.79 Å². The summed E-state index contributed by atoms with van der Waals surface area (Å²) in [5.74, 6) is 0.484. The Labute approximate surface area is 223 Å². The molecule has 1 aliphatic rings. The van der Waals surface area contributed by atoms with Crippen molar-refractivity contribution in [1.82, 2.24) is 14.6 Å². The van der Waals surface area contributed by atoms with Crippen LogP contribution in [0, 0.1) is 6.92 Å². The minimum Gasteiger partial charge on any atom is -0.497 e. The molecule has 8 heteroatoms. The molecule has 7 nitrogen and oxygen atoms in total. The first-order valence-corrected chi connectivity index (χ1v) is 13.4. The lowest BCUT2D eigenvalue weighted by Crippen LogP contribution is -2.49. The van der Waals surface area contributed by atoms with E-state index in [1.807, 2.05) is 73.7 Å². The molecule has 1 amide bonds. The van der Waals surface area contributed by atoms with E-state index in [0.29, 0.717) is 25.2 Å². The van der Waals surface area contributed by atoms with Gasteiger partial charge in [-0.2, -0.15) is 0 Å². The van der Waals surface area contributed by atoms with E-state index in [2.05, 4.69) is 14.6 Å². The van der Waals surface area contributed by atoms with Gasteiger partial charge in [0, 0.05) is 30.3 Å². The number of aromatic nitrogens is 1. The number of hydrogen-bond acceptors (Lipinski definition) is 7. The highest BCUT2D eigenvalue weighted by atomic mass is 32.2. The van der Waals surface area contributed by atoms with Gasteiger partial charge in [0.25, 0.3) is 5.91 Å². The zero-order valence-corrected chi connectivity index (χ0v) is 22.2. The maximum Gasteiger partial charge on any atom is 0.270 e. The lowest BCUT2D eigenvalue weighted by Gasteiger charge is -2.30. The number of nitrogens with one attached hydrogen (secondary N) is 1. The number of carbonyl (C=O) groups excluding carboxylic acids is 1. The van der Waals surface area contributed by atoms with E-state index in [4.69, 9.17) is 9.47 Å². The summed E-state index contributed by atoms with van der Waals surface area (Å²) in [5, 5.41) is 14.5. The van der Waals surface area contributed by atoms with Gasteiger partial charge in [-0.25, -0.2) is 9.29 Å². The van der Waals surface area contributed by atoms with Crippen molar-refractivity contribution in [1.29, 1.82) is 0 Å². The number of pyridine rings is 1. The highest BCUT2D eigenvalue weighted by Crippen LogP contribution is 2.28. The molecule has 0 aliphatic carbocycles. The molecule has 3 atom stereocenters. The van der Waals surface area contributed by atoms with Crippen LogP contribution in [0.1, 0.15) is 34.6 Å². The van der Waals surface area contributed by atoms with Gasteiger partial charge < -0.3 is 19.9 Å². The SMILES string of the molecule is COc1cccc(SN(CC2CCCO2)CC(O)C(Cc2ccccc2)NC(=O)c2cccc(C)n2)c1. The number of benzene rings is 2. The third kappa shape index (κ3) is 8.30. The number of aliphatic hydroxyl groups is 1. The van der Waals surface area contributed by atoms with E-state index in [1.54, 1.807) is 25.1 Å². The minimum absolute atomic E-state index is 0.115. The van der Waals surface area contributed by atoms with E-state index in [1.165, 1.54) is 0 Å². The largest absolute Gasteiger partial charge is 0.497 e. The summed E-state index contributed by atoms with van der Waals surface area (Å²) in [6, 6.07) is 22.6. The summed E-state index contributed by atoms with van der Waals surface area (Å²) in [6.45, 7) is 3.64. The number of ether oxygens (including phenoxy) is 2. The highest BCUT2D eigenvalue weighted by Gasteiger charge is 2.28. The fourth-order valence-corrected chi connectivity index (χ4v) is 5.45. The Kier molecular flexibility index (Phi) is 9.96. The van der Waals surface area contributed by atoms with Gasteiger partial charge in [0.15, 0.2) is 0 Å². The smallest absolute Gasteiger partial charge is 0.270 e. The summed E-state index contributed by atoms with van der Waals surface area (Å²) >= 11 is 1.56. The Morgan fingerprint density at radius 1 is 1.19 bits per heavy atom. The standard InChI is InChI=1S/C29H35N3O4S/c1-21-9-6-15-26(30-21)29(34)31-27(17-22-10-4-3-5-11-22)28(33)20-32(19-24-13-8-16-36-24)37-25-14-7-12-23(18-25)35-2/h3-7,9-12,14-15,18,24,27-28,33H,8,13,16-17,19-20H2,1-2H3,(H,31,34). The van der Waals surface area contributed by atoms with Crippen LogP contribution in [0.5, 0.6) is 5.75 Å². The number of amides is 1. The summed E-state index contributed by atoms with van der Waals surface area (Å²) in [7, 11) is 1.65. The average Bonchev–Trinajstić information content (AvgIpc) is 3.42. The molecule has 196 valence electrons. The monoisotopic (exact) mass is 521 g/mol. The number of carbonyl (C=O) groups is 1. The molecule has 1 aromatic heterocycles. The number of hydrogen-bond donors (Lipinski definition) is 2. The van der Waals surface area contributed by atoms with Crippen molar-refractivity contribution >= 4 is 17.9 Å². The molecule has 0 bridgehead atoms. The van der Waals surface area contributed by atoms with Crippen LogP contribution in [-0.2, 0) is 11.2 Å². The van der Waals surface area contributed by atoms with E-state index in [-0.39, 0.29) is 12.0 Å². The minimum atomic E-state index is -0.825. The predicted molar refractivity (Wildman–Crippen MR) is 146 cm³/mol. The lowest BCUT2D eigenvalue weighted by molar-refractivity contribution is 0.0649. The van der Waals surface area contributed by atoms with Gasteiger partial charge in [-0.15, -0.1) is 0 Å².